The third kappa shape index (κ3) is 6.09. The molecular weight excluding hydrogens is 378 g/mol. The Morgan fingerprint density at radius 1 is 1.18 bits per heavy atom. The van der Waals surface area contributed by atoms with Gasteiger partial charge in [-0.2, -0.15) is 5.10 Å². The van der Waals surface area contributed by atoms with Crippen LogP contribution in [0.3, 0.4) is 0 Å². The highest BCUT2D eigenvalue weighted by molar-refractivity contribution is 6.31. The fourth-order valence-electron chi connectivity index (χ4n) is 2.50. The topological polar surface area (TPSA) is 90.8 Å². The zero-order valence-electron chi connectivity index (χ0n) is 16.1. The molecule has 28 heavy (non-hydrogen) atoms. The van der Waals surface area contributed by atoms with Crippen LogP contribution in [0, 0.1) is 0 Å². The number of amides is 2. The number of nitrogens with one attached hydrogen (secondary N) is 2. The van der Waals surface area contributed by atoms with Crippen LogP contribution in [0.4, 0.5) is 5.69 Å². The Balaban J connectivity index is 1.91. The van der Waals surface area contributed by atoms with E-state index in [1.165, 1.54) is 23.8 Å². The van der Waals surface area contributed by atoms with Gasteiger partial charge < -0.3 is 10.4 Å². The molecule has 2 aromatic rings. The summed E-state index contributed by atoms with van der Waals surface area (Å²) in [5, 5.41) is 16.7. The van der Waals surface area contributed by atoms with Gasteiger partial charge in [0.1, 0.15) is 5.75 Å². The van der Waals surface area contributed by atoms with Gasteiger partial charge in [-0.25, -0.2) is 5.43 Å². The van der Waals surface area contributed by atoms with E-state index in [0.29, 0.717) is 22.3 Å². The lowest BCUT2D eigenvalue weighted by atomic mass is 9.99. The van der Waals surface area contributed by atoms with E-state index >= 15 is 0 Å². The molecule has 1 atom stereocenters. The summed E-state index contributed by atoms with van der Waals surface area (Å²) >= 11 is 5.82. The number of phenolic OH excluding ortho intramolecular Hbond substituents is 1. The van der Waals surface area contributed by atoms with E-state index in [-0.39, 0.29) is 23.6 Å². The normalized spacial score (nSPS) is 12.4. The van der Waals surface area contributed by atoms with E-state index < -0.39 is 5.91 Å². The van der Waals surface area contributed by atoms with Crippen LogP contribution in [0.1, 0.15) is 55.5 Å². The van der Waals surface area contributed by atoms with Crippen LogP contribution in [-0.2, 0) is 4.79 Å². The molecule has 0 bridgehead atoms. The van der Waals surface area contributed by atoms with Gasteiger partial charge in [-0.05, 0) is 55.2 Å². The molecule has 0 aromatic heterocycles. The molecule has 148 valence electrons. The maximum Gasteiger partial charge on any atom is 0.275 e. The van der Waals surface area contributed by atoms with Crippen molar-refractivity contribution in [3.05, 3.63) is 58.6 Å². The first-order chi connectivity index (χ1) is 13.3. The number of halogens is 1. The summed E-state index contributed by atoms with van der Waals surface area (Å²) in [6, 6.07) is 11.9. The molecule has 3 N–H and O–H groups in total. The number of hydrogen-bond donors (Lipinski definition) is 3. The van der Waals surface area contributed by atoms with E-state index in [4.69, 9.17) is 11.6 Å². The van der Waals surface area contributed by atoms with E-state index in [0.717, 1.165) is 6.42 Å². The lowest BCUT2D eigenvalue weighted by Crippen LogP contribution is -2.21. The van der Waals surface area contributed by atoms with Crippen LogP contribution < -0.4 is 10.7 Å². The molecule has 2 amide bonds. The minimum atomic E-state index is -0.611. The Kier molecular flexibility index (Phi) is 7.58. The van der Waals surface area contributed by atoms with E-state index in [9.17, 15) is 14.7 Å². The highest BCUT2D eigenvalue weighted by atomic mass is 35.5. The molecule has 7 heteroatoms. The van der Waals surface area contributed by atoms with Crippen LogP contribution in [0.15, 0.2) is 47.6 Å². The van der Waals surface area contributed by atoms with Gasteiger partial charge in [-0.15, -0.1) is 0 Å². The second kappa shape index (κ2) is 9.90. The maximum absolute atomic E-state index is 12.1. The summed E-state index contributed by atoms with van der Waals surface area (Å²) < 4.78 is 0. The fourth-order valence-corrected chi connectivity index (χ4v) is 2.68. The summed E-state index contributed by atoms with van der Waals surface area (Å²) in [5.41, 5.74) is 4.68. The molecule has 0 unspecified atom stereocenters. The number of hydrogen-bond acceptors (Lipinski definition) is 4. The van der Waals surface area contributed by atoms with Crippen LogP contribution >= 0.6 is 11.6 Å². The van der Waals surface area contributed by atoms with Crippen molar-refractivity contribution in [2.24, 2.45) is 5.10 Å². The number of aromatic hydroxyl groups is 1. The molecule has 2 aromatic carbocycles. The predicted molar refractivity (Wildman–Crippen MR) is 112 cm³/mol. The minimum absolute atomic E-state index is 0.00917. The Bertz CT molecular complexity index is 879. The third-order valence-corrected chi connectivity index (χ3v) is 4.58. The highest BCUT2D eigenvalue weighted by Gasteiger charge is 2.12. The van der Waals surface area contributed by atoms with Gasteiger partial charge in [0.15, 0.2) is 0 Å². The number of phenols is 1. The molecule has 0 heterocycles. The number of anilines is 1. The molecule has 0 aliphatic carbocycles. The molecule has 2 rings (SSSR count). The average molecular weight is 402 g/mol. The van der Waals surface area contributed by atoms with Crippen LogP contribution in [-0.4, -0.2) is 22.6 Å². The summed E-state index contributed by atoms with van der Waals surface area (Å²) in [5.74, 6) is -0.576. The van der Waals surface area contributed by atoms with Gasteiger partial charge in [0.2, 0.25) is 5.91 Å². The van der Waals surface area contributed by atoms with Crippen molar-refractivity contribution in [1.82, 2.24) is 5.43 Å². The fraction of sp³-hybridized carbons (Fsp3) is 0.286. The van der Waals surface area contributed by atoms with Crippen molar-refractivity contribution >= 4 is 34.8 Å². The number of nitrogens with zero attached hydrogens (tertiary/aromatic N) is 1. The van der Waals surface area contributed by atoms with Gasteiger partial charge in [-0.3, -0.25) is 9.59 Å². The number of carbonyl (C=O) groups excluding carboxylic acids is 2. The smallest absolute Gasteiger partial charge is 0.275 e. The Morgan fingerprint density at radius 2 is 1.86 bits per heavy atom. The SMILES string of the molecule is CC[C@H](C)c1ccc(NC(=O)C/C(C)=N\NC(=O)c2cc(Cl)ccc2O)cc1. The zero-order chi connectivity index (χ0) is 20.7. The summed E-state index contributed by atoms with van der Waals surface area (Å²) in [7, 11) is 0. The first kappa shape index (κ1) is 21.4. The second-order valence-electron chi connectivity index (χ2n) is 6.61. The summed E-state index contributed by atoms with van der Waals surface area (Å²) in [4.78, 5) is 24.2. The molecule has 0 saturated carbocycles. The molecular formula is C21H24ClN3O3. The monoisotopic (exact) mass is 401 g/mol. The number of carbonyl (C=O) groups is 2. The molecule has 0 aliphatic heterocycles. The van der Waals surface area contributed by atoms with Crippen molar-refractivity contribution in [2.75, 3.05) is 5.32 Å². The number of rotatable bonds is 7. The van der Waals surface area contributed by atoms with Crippen molar-refractivity contribution in [1.29, 1.82) is 0 Å². The van der Waals surface area contributed by atoms with Crippen molar-refractivity contribution < 1.29 is 14.7 Å². The van der Waals surface area contributed by atoms with Crippen LogP contribution in [0.5, 0.6) is 5.75 Å². The maximum atomic E-state index is 12.1. The zero-order valence-corrected chi connectivity index (χ0v) is 16.9. The van der Waals surface area contributed by atoms with Gasteiger partial charge >= 0.3 is 0 Å². The van der Waals surface area contributed by atoms with Crippen molar-refractivity contribution in [2.45, 2.75) is 39.5 Å². The lowest BCUT2D eigenvalue weighted by molar-refractivity contribution is -0.115. The molecule has 0 spiro atoms. The van der Waals surface area contributed by atoms with E-state index in [2.05, 4.69) is 29.7 Å². The lowest BCUT2D eigenvalue weighted by Gasteiger charge is -2.10. The molecule has 0 fully saturated rings. The Hall–Kier alpha value is -2.86. The molecule has 0 aliphatic rings. The van der Waals surface area contributed by atoms with Crippen LogP contribution in [0.2, 0.25) is 5.02 Å². The first-order valence-electron chi connectivity index (χ1n) is 9.02. The van der Waals surface area contributed by atoms with Crippen molar-refractivity contribution in [3.8, 4) is 5.75 Å². The van der Waals surface area contributed by atoms with Crippen LogP contribution in [0.25, 0.3) is 0 Å². The molecule has 0 radical (unpaired) electrons. The van der Waals surface area contributed by atoms with E-state index in [1.807, 2.05) is 24.3 Å². The van der Waals surface area contributed by atoms with Gasteiger partial charge in [0, 0.05) is 16.4 Å². The standard InChI is InChI=1S/C21H24ClN3O3/c1-4-13(2)15-5-8-17(9-6-15)23-20(27)11-14(3)24-25-21(28)18-12-16(22)7-10-19(18)26/h5-10,12-13,26H,4,11H2,1-3H3,(H,23,27)(H,25,28)/b24-14-/t13-/m0/s1. The van der Waals surface area contributed by atoms with Gasteiger partial charge in [0.25, 0.3) is 5.91 Å². The largest absolute Gasteiger partial charge is 0.507 e. The molecule has 6 nitrogen and oxygen atoms in total. The number of hydrazone groups is 1. The second-order valence-corrected chi connectivity index (χ2v) is 7.04. The van der Waals surface area contributed by atoms with Gasteiger partial charge in [-0.1, -0.05) is 37.6 Å². The van der Waals surface area contributed by atoms with Crippen molar-refractivity contribution in [3.63, 3.8) is 0 Å². The summed E-state index contributed by atoms with van der Waals surface area (Å²) in [6.07, 6.45) is 1.08. The Labute approximate surface area is 169 Å². The van der Waals surface area contributed by atoms with Gasteiger partial charge in [0.05, 0.1) is 12.0 Å². The quantitative estimate of drug-likeness (QED) is 0.464. The highest BCUT2D eigenvalue weighted by Crippen LogP contribution is 2.22. The average Bonchev–Trinajstić information content (AvgIpc) is 2.67. The minimum Gasteiger partial charge on any atom is -0.507 e. The predicted octanol–water partition coefficient (Wildman–Crippen LogP) is 4.69. The summed E-state index contributed by atoms with van der Waals surface area (Å²) in [6.45, 7) is 5.92. The Morgan fingerprint density at radius 3 is 2.50 bits per heavy atom. The molecule has 0 saturated heterocycles. The van der Waals surface area contributed by atoms with E-state index in [1.54, 1.807) is 6.92 Å². The first-order valence-corrected chi connectivity index (χ1v) is 9.39. The number of benzene rings is 2. The third-order valence-electron chi connectivity index (χ3n) is 4.34.